The maximum absolute atomic E-state index is 12.9. The highest BCUT2D eigenvalue weighted by atomic mass is 79.9. The largest absolute Gasteiger partial charge is 0.354 e. The molecule has 1 saturated heterocycles. The van der Waals surface area contributed by atoms with E-state index in [-0.39, 0.29) is 18.0 Å². The van der Waals surface area contributed by atoms with Gasteiger partial charge in [-0.05, 0) is 36.8 Å². The number of nitrogens with zero attached hydrogens (tertiary/aromatic N) is 6. The third-order valence-electron chi connectivity index (χ3n) is 5.15. The smallest absolute Gasteiger partial charge is 0.261 e. The van der Waals surface area contributed by atoms with Gasteiger partial charge in [0.25, 0.3) is 5.56 Å². The summed E-state index contributed by atoms with van der Waals surface area (Å²) >= 11 is 3.37. The first-order valence-electron chi connectivity index (χ1n) is 9.59. The van der Waals surface area contributed by atoms with Crippen LogP contribution >= 0.6 is 15.9 Å². The van der Waals surface area contributed by atoms with E-state index in [4.69, 9.17) is 0 Å². The summed E-state index contributed by atoms with van der Waals surface area (Å²) in [7, 11) is 0. The Bertz CT molecular complexity index is 1200. The predicted molar refractivity (Wildman–Crippen MR) is 116 cm³/mol. The zero-order chi connectivity index (χ0) is 21.1. The number of hydrogen-bond donors (Lipinski definition) is 0. The van der Waals surface area contributed by atoms with E-state index in [1.807, 2.05) is 11.0 Å². The molecule has 0 spiro atoms. The average molecular weight is 467 g/mol. The fourth-order valence-electron chi connectivity index (χ4n) is 3.60. The minimum atomic E-state index is -0.238. The molecule has 2 aromatic heterocycles. The van der Waals surface area contributed by atoms with Crippen LogP contribution in [0.5, 0.6) is 0 Å². The summed E-state index contributed by atoms with van der Waals surface area (Å²) in [4.78, 5) is 38.1. The van der Waals surface area contributed by atoms with Crippen LogP contribution in [0.3, 0.4) is 0 Å². The minimum absolute atomic E-state index is 0.0542. The van der Waals surface area contributed by atoms with Crippen LogP contribution in [0.2, 0.25) is 0 Å². The Morgan fingerprint density at radius 3 is 2.87 bits per heavy atom. The van der Waals surface area contributed by atoms with Crippen LogP contribution in [0.1, 0.15) is 12.0 Å². The van der Waals surface area contributed by atoms with E-state index in [1.165, 1.54) is 10.9 Å². The topological polar surface area (TPSA) is 95.1 Å². The van der Waals surface area contributed by atoms with Crippen molar-refractivity contribution in [2.24, 2.45) is 0 Å². The molecule has 3 heterocycles. The lowest BCUT2D eigenvalue weighted by molar-refractivity contribution is -0.131. The van der Waals surface area contributed by atoms with Crippen LogP contribution in [0, 0.1) is 11.3 Å². The Morgan fingerprint density at radius 2 is 2.03 bits per heavy atom. The Morgan fingerprint density at radius 1 is 1.17 bits per heavy atom. The molecule has 0 unspecified atom stereocenters. The Hall–Kier alpha value is -3.25. The van der Waals surface area contributed by atoms with E-state index in [0.717, 1.165) is 10.9 Å². The van der Waals surface area contributed by atoms with E-state index in [9.17, 15) is 14.9 Å². The molecule has 3 aromatic rings. The third kappa shape index (κ3) is 4.04. The van der Waals surface area contributed by atoms with Gasteiger partial charge in [0, 0.05) is 36.8 Å². The van der Waals surface area contributed by atoms with Crippen molar-refractivity contribution >= 4 is 38.6 Å². The first-order valence-corrected chi connectivity index (χ1v) is 10.4. The third-order valence-corrected chi connectivity index (χ3v) is 5.64. The SMILES string of the molecule is N#Cc1cccnc1N1CCCN(C(=O)Cn2cnc3ccc(Br)cc3c2=O)CC1. The molecule has 4 rings (SSSR count). The van der Waals surface area contributed by atoms with Crippen molar-refractivity contribution < 1.29 is 4.79 Å². The molecule has 9 heteroatoms. The molecular weight excluding hydrogens is 448 g/mol. The van der Waals surface area contributed by atoms with Gasteiger partial charge >= 0.3 is 0 Å². The van der Waals surface area contributed by atoms with Crippen molar-refractivity contribution in [3.05, 3.63) is 63.2 Å². The zero-order valence-corrected chi connectivity index (χ0v) is 17.7. The van der Waals surface area contributed by atoms with Gasteiger partial charge in [0.2, 0.25) is 5.91 Å². The van der Waals surface area contributed by atoms with Crippen molar-refractivity contribution in [1.82, 2.24) is 19.4 Å². The fraction of sp³-hybridized carbons (Fsp3) is 0.286. The summed E-state index contributed by atoms with van der Waals surface area (Å²) in [6, 6.07) is 11.0. The maximum Gasteiger partial charge on any atom is 0.261 e. The molecule has 0 aliphatic carbocycles. The Labute approximate surface area is 181 Å². The van der Waals surface area contributed by atoms with Gasteiger partial charge in [-0.1, -0.05) is 15.9 Å². The highest BCUT2D eigenvalue weighted by Gasteiger charge is 2.22. The van der Waals surface area contributed by atoms with Gasteiger partial charge in [-0.15, -0.1) is 0 Å². The summed E-state index contributed by atoms with van der Waals surface area (Å²) in [5.41, 5.74) is 0.886. The van der Waals surface area contributed by atoms with Crippen molar-refractivity contribution in [3.8, 4) is 6.07 Å². The average Bonchev–Trinajstić information content (AvgIpc) is 3.02. The summed E-state index contributed by atoms with van der Waals surface area (Å²) < 4.78 is 2.14. The summed E-state index contributed by atoms with van der Waals surface area (Å²) in [6.07, 6.45) is 3.85. The first-order chi connectivity index (χ1) is 14.6. The monoisotopic (exact) mass is 466 g/mol. The lowest BCUT2D eigenvalue weighted by Crippen LogP contribution is -2.39. The van der Waals surface area contributed by atoms with Crippen LogP contribution in [-0.2, 0) is 11.3 Å². The second kappa shape index (κ2) is 8.63. The number of fused-ring (bicyclic) bond motifs is 1. The highest BCUT2D eigenvalue weighted by molar-refractivity contribution is 9.10. The Kier molecular flexibility index (Phi) is 5.77. The molecule has 1 aliphatic rings. The van der Waals surface area contributed by atoms with E-state index >= 15 is 0 Å². The summed E-state index contributed by atoms with van der Waals surface area (Å²) in [6.45, 7) is 2.32. The molecule has 152 valence electrons. The number of anilines is 1. The fourth-order valence-corrected chi connectivity index (χ4v) is 3.97. The van der Waals surface area contributed by atoms with E-state index in [1.54, 1.807) is 35.4 Å². The van der Waals surface area contributed by atoms with Crippen molar-refractivity contribution in [3.63, 3.8) is 0 Å². The molecule has 0 atom stereocenters. The van der Waals surface area contributed by atoms with E-state index in [0.29, 0.717) is 48.5 Å². The molecule has 8 nitrogen and oxygen atoms in total. The number of carbonyl (C=O) groups excluding carboxylic acids is 1. The second-order valence-corrected chi connectivity index (χ2v) is 7.96. The molecule has 30 heavy (non-hydrogen) atoms. The number of rotatable bonds is 3. The van der Waals surface area contributed by atoms with Gasteiger partial charge in [-0.2, -0.15) is 5.26 Å². The van der Waals surface area contributed by atoms with Crippen molar-refractivity contribution in [2.75, 3.05) is 31.1 Å². The van der Waals surface area contributed by atoms with Crippen LogP contribution in [-0.4, -0.2) is 51.5 Å². The number of amides is 1. The van der Waals surface area contributed by atoms with Crippen LogP contribution < -0.4 is 10.5 Å². The van der Waals surface area contributed by atoms with Crippen LogP contribution in [0.15, 0.2) is 52.1 Å². The lowest BCUT2D eigenvalue weighted by atomic mass is 10.2. The number of hydrogen-bond acceptors (Lipinski definition) is 6. The molecule has 0 bridgehead atoms. The van der Waals surface area contributed by atoms with Gasteiger partial charge in [0.15, 0.2) is 0 Å². The predicted octanol–water partition coefficient (Wildman–Crippen LogP) is 2.16. The maximum atomic E-state index is 12.9. The Balaban J connectivity index is 1.48. The number of carbonyl (C=O) groups is 1. The standard InChI is InChI=1S/C21H19BrN6O2/c22-16-4-5-18-17(11-16)21(30)28(14-25-18)13-19(29)26-7-2-8-27(10-9-26)20-15(12-23)3-1-6-24-20/h1,3-6,11,14H,2,7-10,13H2. The molecule has 1 amide bonds. The number of halogens is 1. The van der Waals surface area contributed by atoms with Gasteiger partial charge in [-0.3, -0.25) is 14.2 Å². The number of aromatic nitrogens is 3. The van der Waals surface area contributed by atoms with Gasteiger partial charge in [0.1, 0.15) is 18.4 Å². The normalized spacial score (nSPS) is 14.4. The molecule has 1 fully saturated rings. The first kappa shape index (κ1) is 20.0. The van der Waals surface area contributed by atoms with Crippen LogP contribution in [0.25, 0.3) is 10.9 Å². The molecule has 0 radical (unpaired) electrons. The molecule has 0 saturated carbocycles. The summed E-state index contributed by atoms with van der Waals surface area (Å²) in [5.74, 6) is 0.520. The van der Waals surface area contributed by atoms with Gasteiger partial charge in [0.05, 0.1) is 22.8 Å². The summed E-state index contributed by atoms with van der Waals surface area (Å²) in [5, 5.41) is 9.79. The van der Waals surface area contributed by atoms with Gasteiger partial charge in [-0.25, -0.2) is 9.97 Å². The van der Waals surface area contributed by atoms with E-state index < -0.39 is 0 Å². The quantitative estimate of drug-likeness (QED) is 0.586. The number of nitriles is 1. The molecule has 0 N–H and O–H groups in total. The van der Waals surface area contributed by atoms with Gasteiger partial charge < -0.3 is 9.80 Å². The zero-order valence-electron chi connectivity index (χ0n) is 16.2. The molecular formula is C21H19BrN6O2. The number of benzene rings is 1. The van der Waals surface area contributed by atoms with Crippen molar-refractivity contribution in [2.45, 2.75) is 13.0 Å². The molecule has 1 aliphatic heterocycles. The van der Waals surface area contributed by atoms with Crippen molar-refractivity contribution in [1.29, 1.82) is 5.26 Å². The van der Waals surface area contributed by atoms with E-state index in [2.05, 4.69) is 32.0 Å². The lowest BCUT2D eigenvalue weighted by Gasteiger charge is -2.23. The molecule has 1 aromatic carbocycles. The second-order valence-electron chi connectivity index (χ2n) is 7.05. The van der Waals surface area contributed by atoms with Crippen LogP contribution in [0.4, 0.5) is 5.82 Å². The number of pyridine rings is 1. The minimum Gasteiger partial charge on any atom is -0.354 e. The highest BCUT2D eigenvalue weighted by Crippen LogP contribution is 2.18.